The first-order chi connectivity index (χ1) is 9.63. The van der Waals surface area contributed by atoms with Crippen molar-refractivity contribution in [1.29, 1.82) is 0 Å². The summed E-state index contributed by atoms with van der Waals surface area (Å²) in [5, 5.41) is 12.7. The first-order valence-electron chi connectivity index (χ1n) is 5.74. The summed E-state index contributed by atoms with van der Waals surface area (Å²) in [4.78, 5) is 13.5. The molecule has 0 saturated carbocycles. The van der Waals surface area contributed by atoms with Crippen molar-refractivity contribution >= 4 is 21.9 Å². The first kappa shape index (κ1) is 14.1. The molecule has 1 atom stereocenters. The lowest BCUT2D eigenvalue weighted by Gasteiger charge is -2.08. The molecule has 2 rings (SSSR count). The number of carboxylic acid groups (broad SMARTS) is 1. The lowest BCUT2D eigenvalue weighted by Crippen LogP contribution is -1.99. The SMILES string of the molecule is [N-]=[N+]=NC(Br)c1ccc(-c2ccccc2C(=O)O)cc1. The summed E-state index contributed by atoms with van der Waals surface area (Å²) >= 11 is 3.25. The Bertz CT molecular complexity index is 679. The van der Waals surface area contributed by atoms with Crippen molar-refractivity contribution in [3.63, 3.8) is 0 Å². The smallest absolute Gasteiger partial charge is 0.336 e. The van der Waals surface area contributed by atoms with Gasteiger partial charge in [-0.1, -0.05) is 63.5 Å². The molecule has 6 heteroatoms. The van der Waals surface area contributed by atoms with Gasteiger partial charge in [-0.3, -0.25) is 0 Å². The molecule has 100 valence electrons. The first-order valence-corrected chi connectivity index (χ1v) is 6.66. The average molecular weight is 332 g/mol. The van der Waals surface area contributed by atoms with Gasteiger partial charge in [0.25, 0.3) is 0 Å². The summed E-state index contributed by atoms with van der Waals surface area (Å²) in [6.07, 6.45) is 0. The van der Waals surface area contributed by atoms with E-state index in [0.29, 0.717) is 5.56 Å². The summed E-state index contributed by atoms with van der Waals surface area (Å²) in [6.45, 7) is 0. The van der Waals surface area contributed by atoms with Crippen LogP contribution in [0.1, 0.15) is 20.9 Å². The average Bonchev–Trinajstić information content (AvgIpc) is 2.47. The van der Waals surface area contributed by atoms with Crippen LogP contribution < -0.4 is 0 Å². The molecule has 0 amide bonds. The molecule has 1 unspecified atom stereocenters. The second-order valence-electron chi connectivity index (χ2n) is 4.01. The lowest BCUT2D eigenvalue weighted by molar-refractivity contribution is 0.0697. The van der Waals surface area contributed by atoms with E-state index in [0.717, 1.165) is 11.1 Å². The number of nitrogens with zero attached hydrogens (tertiary/aromatic N) is 3. The maximum atomic E-state index is 11.2. The van der Waals surface area contributed by atoms with E-state index in [1.807, 2.05) is 0 Å². The minimum atomic E-state index is -0.961. The predicted octanol–water partition coefficient (Wildman–Crippen LogP) is 4.76. The van der Waals surface area contributed by atoms with Gasteiger partial charge in [0.05, 0.1) is 5.56 Å². The van der Waals surface area contributed by atoms with Crippen molar-refractivity contribution in [2.24, 2.45) is 5.11 Å². The number of carbonyl (C=O) groups is 1. The van der Waals surface area contributed by atoms with Crippen LogP contribution in [0.15, 0.2) is 53.6 Å². The maximum Gasteiger partial charge on any atom is 0.336 e. The van der Waals surface area contributed by atoms with Crippen LogP contribution in [0.25, 0.3) is 21.6 Å². The molecule has 1 N–H and O–H groups in total. The summed E-state index contributed by atoms with van der Waals surface area (Å²) in [5.74, 6) is -0.961. The number of azide groups is 1. The van der Waals surface area contributed by atoms with Crippen LogP contribution in [-0.2, 0) is 0 Å². The summed E-state index contributed by atoms with van der Waals surface area (Å²) in [6, 6.07) is 14.0. The molecule has 0 aliphatic carbocycles. The second-order valence-corrected chi connectivity index (χ2v) is 4.88. The third kappa shape index (κ3) is 2.99. The van der Waals surface area contributed by atoms with Crippen molar-refractivity contribution in [3.8, 4) is 11.1 Å². The third-order valence-electron chi connectivity index (χ3n) is 2.81. The lowest BCUT2D eigenvalue weighted by atomic mass is 9.99. The van der Waals surface area contributed by atoms with Crippen LogP contribution in [-0.4, -0.2) is 11.1 Å². The molecule has 0 saturated heterocycles. The monoisotopic (exact) mass is 331 g/mol. The Morgan fingerprint density at radius 3 is 2.45 bits per heavy atom. The number of aromatic carboxylic acids is 1. The molecular formula is C14H10BrN3O2. The minimum absolute atomic E-state index is 0.255. The van der Waals surface area contributed by atoms with Gasteiger partial charge in [-0.2, -0.15) is 0 Å². The molecule has 0 spiro atoms. The molecule has 0 aliphatic heterocycles. The van der Waals surface area contributed by atoms with Gasteiger partial charge in [-0.15, -0.1) is 0 Å². The molecule has 2 aromatic rings. The van der Waals surface area contributed by atoms with Crippen molar-refractivity contribution in [3.05, 3.63) is 70.1 Å². The highest BCUT2D eigenvalue weighted by Crippen LogP contribution is 2.28. The van der Waals surface area contributed by atoms with Gasteiger partial charge >= 0.3 is 5.97 Å². The van der Waals surface area contributed by atoms with E-state index in [9.17, 15) is 9.90 Å². The Hall–Kier alpha value is -2.30. The van der Waals surface area contributed by atoms with E-state index in [4.69, 9.17) is 5.53 Å². The zero-order valence-electron chi connectivity index (χ0n) is 10.3. The Labute approximate surface area is 123 Å². The third-order valence-corrected chi connectivity index (χ3v) is 3.52. The van der Waals surface area contributed by atoms with Gasteiger partial charge in [0.2, 0.25) is 0 Å². The Kier molecular flexibility index (Phi) is 4.40. The van der Waals surface area contributed by atoms with Crippen LogP contribution in [0, 0.1) is 0 Å². The van der Waals surface area contributed by atoms with E-state index in [2.05, 4.69) is 26.0 Å². The van der Waals surface area contributed by atoms with E-state index >= 15 is 0 Å². The van der Waals surface area contributed by atoms with Crippen LogP contribution in [0.4, 0.5) is 0 Å². The zero-order valence-corrected chi connectivity index (χ0v) is 11.9. The molecular weight excluding hydrogens is 322 g/mol. The quantitative estimate of drug-likeness (QED) is 0.288. The molecule has 0 heterocycles. The normalized spacial score (nSPS) is 11.4. The fourth-order valence-corrected chi connectivity index (χ4v) is 2.24. The van der Waals surface area contributed by atoms with Crippen LogP contribution >= 0.6 is 15.9 Å². The Morgan fingerprint density at radius 1 is 1.20 bits per heavy atom. The van der Waals surface area contributed by atoms with E-state index in [1.54, 1.807) is 48.5 Å². The van der Waals surface area contributed by atoms with Crippen LogP contribution in [0.5, 0.6) is 0 Å². The van der Waals surface area contributed by atoms with Gasteiger partial charge < -0.3 is 5.11 Å². The number of hydrogen-bond acceptors (Lipinski definition) is 2. The van der Waals surface area contributed by atoms with Gasteiger partial charge in [0, 0.05) is 4.91 Å². The van der Waals surface area contributed by atoms with Crippen molar-refractivity contribution in [2.75, 3.05) is 0 Å². The van der Waals surface area contributed by atoms with E-state index in [-0.39, 0.29) is 5.56 Å². The topological polar surface area (TPSA) is 86.1 Å². The molecule has 0 aromatic heterocycles. The Balaban J connectivity index is 2.40. The van der Waals surface area contributed by atoms with Gasteiger partial charge in [-0.25, -0.2) is 4.79 Å². The standard InChI is InChI=1S/C14H10BrN3O2/c15-13(17-18-16)10-7-5-9(6-8-10)11-3-1-2-4-12(11)14(19)20/h1-8,13H,(H,19,20). The molecule has 0 aliphatic rings. The highest BCUT2D eigenvalue weighted by molar-refractivity contribution is 9.09. The molecule has 2 aromatic carbocycles. The largest absolute Gasteiger partial charge is 0.478 e. The molecule has 0 radical (unpaired) electrons. The van der Waals surface area contributed by atoms with Crippen LogP contribution in [0.3, 0.4) is 0 Å². The van der Waals surface area contributed by atoms with Gasteiger partial charge in [0.1, 0.15) is 4.95 Å². The fourth-order valence-electron chi connectivity index (χ4n) is 1.85. The number of alkyl halides is 1. The van der Waals surface area contributed by atoms with Gasteiger partial charge in [-0.05, 0) is 28.3 Å². The number of rotatable bonds is 4. The van der Waals surface area contributed by atoms with E-state index < -0.39 is 10.9 Å². The highest BCUT2D eigenvalue weighted by Gasteiger charge is 2.11. The van der Waals surface area contributed by atoms with E-state index in [1.165, 1.54) is 0 Å². The van der Waals surface area contributed by atoms with Crippen LogP contribution in [0.2, 0.25) is 0 Å². The van der Waals surface area contributed by atoms with Crippen molar-refractivity contribution in [2.45, 2.75) is 4.95 Å². The number of carboxylic acids is 1. The van der Waals surface area contributed by atoms with Crippen molar-refractivity contribution in [1.82, 2.24) is 0 Å². The highest BCUT2D eigenvalue weighted by atomic mass is 79.9. The Morgan fingerprint density at radius 2 is 1.85 bits per heavy atom. The number of benzene rings is 2. The molecule has 5 nitrogen and oxygen atoms in total. The second kappa shape index (κ2) is 6.23. The summed E-state index contributed by atoms with van der Waals surface area (Å²) < 4.78 is 0. The molecule has 20 heavy (non-hydrogen) atoms. The maximum absolute atomic E-state index is 11.2. The van der Waals surface area contributed by atoms with Gasteiger partial charge in [0.15, 0.2) is 0 Å². The number of hydrogen-bond donors (Lipinski definition) is 1. The fraction of sp³-hybridized carbons (Fsp3) is 0.0714. The molecule has 0 fully saturated rings. The predicted molar refractivity (Wildman–Crippen MR) is 79.7 cm³/mol. The minimum Gasteiger partial charge on any atom is -0.478 e. The number of halogens is 1. The zero-order chi connectivity index (χ0) is 14.5. The van der Waals surface area contributed by atoms with Crippen molar-refractivity contribution < 1.29 is 9.90 Å². The molecule has 0 bridgehead atoms. The summed E-state index contributed by atoms with van der Waals surface area (Å²) in [5.41, 5.74) is 10.9. The summed E-state index contributed by atoms with van der Waals surface area (Å²) in [7, 11) is 0.